The molecule has 0 spiro atoms. The smallest absolute Gasteiger partial charge is 0.475 e. The molecule has 1 aromatic rings. The van der Waals surface area contributed by atoms with E-state index >= 15 is 0 Å². The molecule has 2 saturated heterocycles. The summed E-state index contributed by atoms with van der Waals surface area (Å²) in [6.45, 7) is 7.80. The fourth-order valence-corrected chi connectivity index (χ4v) is 3.99. The fourth-order valence-electron chi connectivity index (χ4n) is 3.99. The van der Waals surface area contributed by atoms with Crippen LogP contribution in [-0.2, 0) is 20.8 Å². The van der Waals surface area contributed by atoms with E-state index in [1.165, 1.54) is 24.8 Å². The molecule has 1 saturated carbocycles. The second kappa shape index (κ2) is 9.65. The minimum absolute atomic E-state index is 0.300. The van der Waals surface area contributed by atoms with Crippen molar-refractivity contribution in [3.05, 3.63) is 17.0 Å². The van der Waals surface area contributed by atoms with Crippen LogP contribution in [-0.4, -0.2) is 65.3 Å². The third kappa shape index (κ3) is 6.18. The Morgan fingerprint density at radius 1 is 1.20 bits per heavy atom. The van der Waals surface area contributed by atoms with E-state index in [4.69, 9.17) is 23.9 Å². The summed E-state index contributed by atoms with van der Waals surface area (Å²) in [5.74, 6) is -0.968. The van der Waals surface area contributed by atoms with Crippen LogP contribution in [0.3, 0.4) is 0 Å². The summed E-state index contributed by atoms with van der Waals surface area (Å²) < 4.78 is 49.2. The number of ether oxygens (including phenoxy) is 2. The predicted molar refractivity (Wildman–Crippen MR) is 99.9 cm³/mol. The number of aliphatic carboxylic acids is 1. The molecule has 1 aromatic heterocycles. The first kappa shape index (κ1) is 23.0. The Labute approximate surface area is 173 Å². The Bertz CT molecular complexity index is 700. The van der Waals surface area contributed by atoms with Gasteiger partial charge >= 0.3 is 12.1 Å². The van der Waals surface area contributed by atoms with Gasteiger partial charge in [-0.1, -0.05) is 5.16 Å². The molecule has 30 heavy (non-hydrogen) atoms. The average Bonchev–Trinajstić information content (AvgIpc) is 3.34. The number of hydrogen-bond acceptors (Lipinski definition) is 6. The standard InChI is InChI=1S/C18H28N2O3.C2HF3O2/c1-12-16(13(2)23-19-12)9-20-8-7-18-17(20)6-5-15(22-18)11-21-10-14-3-4-14;3-2(4,5)1(6)7/h14-15,17-18H,3-11H2,1-2H3;(H,6,7)/t15-,17+,18+;/m1./s1. The van der Waals surface area contributed by atoms with Crippen molar-refractivity contribution in [3.63, 3.8) is 0 Å². The first-order valence-electron chi connectivity index (χ1n) is 10.3. The Kier molecular flexibility index (Phi) is 7.41. The van der Waals surface area contributed by atoms with Gasteiger partial charge in [-0.3, -0.25) is 4.90 Å². The monoisotopic (exact) mass is 434 g/mol. The topological polar surface area (TPSA) is 85.0 Å². The molecule has 0 unspecified atom stereocenters. The molecule has 1 aliphatic carbocycles. The number of aryl methyl sites for hydroxylation is 2. The number of aromatic nitrogens is 1. The van der Waals surface area contributed by atoms with Gasteiger partial charge in [0.15, 0.2) is 0 Å². The fraction of sp³-hybridized carbons (Fsp3) is 0.800. The summed E-state index contributed by atoms with van der Waals surface area (Å²) in [6.07, 6.45) is 1.76. The van der Waals surface area contributed by atoms with Gasteiger partial charge in [-0.2, -0.15) is 13.2 Å². The number of likely N-dealkylation sites (tertiary alicyclic amines) is 1. The molecule has 7 nitrogen and oxygen atoms in total. The minimum atomic E-state index is -5.08. The number of halogens is 3. The maximum absolute atomic E-state index is 10.6. The van der Waals surface area contributed by atoms with E-state index in [2.05, 4.69) is 10.1 Å². The van der Waals surface area contributed by atoms with Crippen LogP contribution in [0, 0.1) is 19.8 Å². The maximum atomic E-state index is 10.6. The van der Waals surface area contributed by atoms with E-state index in [9.17, 15) is 13.2 Å². The molecule has 0 radical (unpaired) electrons. The van der Waals surface area contributed by atoms with E-state index in [-0.39, 0.29) is 0 Å². The molecule has 3 heterocycles. The Morgan fingerprint density at radius 2 is 1.90 bits per heavy atom. The van der Waals surface area contributed by atoms with Gasteiger partial charge in [0.25, 0.3) is 0 Å². The summed E-state index contributed by atoms with van der Waals surface area (Å²) in [6, 6.07) is 0.545. The average molecular weight is 434 g/mol. The zero-order chi connectivity index (χ0) is 21.9. The van der Waals surface area contributed by atoms with Crippen molar-refractivity contribution >= 4 is 5.97 Å². The lowest BCUT2D eigenvalue weighted by Gasteiger charge is -2.36. The normalized spacial score (nSPS) is 26.8. The van der Waals surface area contributed by atoms with Crippen LogP contribution < -0.4 is 0 Å². The molecule has 170 valence electrons. The molecule has 1 N–H and O–H groups in total. The van der Waals surface area contributed by atoms with Crippen molar-refractivity contribution in [1.82, 2.24) is 10.1 Å². The molecule has 4 rings (SSSR count). The lowest BCUT2D eigenvalue weighted by atomic mass is 9.99. The summed E-state index contributed by atoms with van der Waals surface area (Å²) in [5, 5.41) is 11.2. The molecule has 0 aromatic carbocycles. The second-order valence-electron chi connectivity index (χ2n) is 8.29. The Hall–Kier alpha value is -1.65. The number of rotatable bonds is 6. The van der Waals surface area contributed by atoms with Gasteiger partial charge in [0.05, 0.1) is 24.5 Å². The van der Waals surface area contributed by atoms with E-state index in [0.717, 1.165) is 56.5 Å². The summed E-state index contributed by atoms with van der Waals surface area (Å²) >= 11 is 0. The van der Waals surface area contributed by atoms with E-state index in [1.807, 2.05) is 13.8 Å². The van der Waals surface area contributed by atoms with Gasteiger partial charge in [-0.25, -0.2) is 4.79 Å². The van der Waals surface area contributed by atoms with Gasteiger partial charge in [-0.05, 0) is 51.9 Å². The van der Waals surface area contributed by atoms with Crippen molar-refractivity contribution < 1.29 is 37.1 Å². The van der Waals surface area contributed by atoms with Crippen LogP contribution in [0.2, 0.25) is 0 Å². The van der Waals surface area contributed by atoms with E-state index in [1.54, 1.807) is 0 Å². The van der Waals surface area contributed by atoms with Gasteiger partial charge in [0.1, 0.15) is 5.76 Å². The number of nitrogens with zero attached hydrogens (tertiary/aromatic N) is 2. The summed E-state index contributed by atoms with van der Waals surface area (Å²) in [4.78, 5) is 11.4. The molecule has 0 bridgehead atoms. The third-order valence-corrected chi connectivity index (χ3v) is 5.89. The highest BCUT2D eigenvalue weighted by Crippen LogP contribution is 2.34. The molecule has 10 heteroatoms. The van der Waals surface area contributed by atoms with Crippen molar-refractivity contribution in [2.45, 2.75) is 76.9 Å². The zero-order valence-corrected chi connectivity index (χ0v) is 17.3. The van der Waals surface area contributed by atoms with Crippen molar-refractivity contribution in [2.75, 3.05) is 19.8 Å². The highest BCUT2D eigenvalue weighted by Gasteiger charge is 2.40. The van der Waals surface area contributed by atoms with Crippen LogP contribution >= 0.6 is 0 Å². The Morgan fingerprint density at radius 3 is 2.47 bits per heavy atom. The molecular formula is C20H29F3N2O5. The summed E-state index contributed by atoms with van der Waals surface area (Å²) in [5.41, 5.74) is 2.27. The van der Waals surface area contributed by atoms with Crippen LogP contribution in [0.25, 0.3) is 0 Å². The molecule has 3 fully saturated rings. The number of carboxylic acids is 1. The first-order chi connectivity index (χ1) is 14.1. The largest absolute Gasteiger partial charge is 0.490 e. The minimum Gasteiger partial charge on any atom is -0.475 e. The Balaban J connectivity index is 0.000000318. The van der Waals surface area contributed by atoms with E-state index in [0.29, 0.717) is 18.2 Å². The second-order valence-corrected chi connectivity index (χ2v) is 8.29. The number of carbonyl (C=O) groups is 1. The number of hydrogen-bond donors (Lipinski definition) is 1. The zero-order valence-electron chi connectivity index (χ0n) is 17.3. The SMILES string of the molecule is Cc1noc(C)c1CN1CC[C@@H]2O[C@@H](COCC3CC3)CC[C@@H]21.O=C(O)C(F)(F)F. The van der Waals surface area contributed by atoms with Crippen LogP contribution in [0.15, 0.2) is 4.52 Å². The molecule has 3 atom stereocenters. The number of fused-ring (bicyclic) bond motifs is 1. The summed E-state index contributed by atoms with van der Waals surface area (Å²) in [7, 11) is 0. The first-order valence-corrected chi connectivity index (χ1v) is 10.3. The maximum Gasteiger partial charge on any atom is 0.490 e. The van der Waals surface area contributed by atoms with Gasteiger partial charge in [0.2, 0.25) is 0 Å². The highest BCUT2D eigenvalue weighted by molar-refractivity contribution is 5.73. The molecule has 3 aliphatic rings. The van der Waals surface area contributed by atoms with Crippen molar-refractivity contribution in [3.8, 4) is 0 Å². The highest BCUT2D eigenvalue weighted by atomic mass is 19.4. The molecule has 0 amide bonds. The van der Waals surface area contributed by atoms with Gasteiger partial charge < -0.3 is 19.1 Å². The molecular weight excluding hydrogens is 405 g/mol. The number of alkyl halides is 3. The van der Waals surface area contributed by atoms with Crippen LogP contribution in [0.5, 0.6) is 0 Å². The molecule has 2 aliphatic heterocycles. The van der Waals surface area contributed by atoms with Gasteiger partial charge in [-0.15, -0.1) is 0 Å². The van der Waals surface area contributed by atoms with Crippen LogP contribution in [0.1, 0.15) is 49.1 Å². The predicted octanol–water partition coefficient (Wildman–Crippen LogP) is 3.47. The van der Waals surface area contributed by atoms with Gasteiger partial charge in [0, 0.05) is 31.3 Å². The quantitative estimate of drug-likeness (QED) is 0.734. The lowest BCUT2D eigenvalue weighted by molar-refractivity contribution is -0.192. The number of carboxylic acid groups (broad SMARTS) is 1. The van der Waals surface area contributed by atoms with Crippen molar-refractivity contribution in [1.29, 1.82) is 0 Å². The van der Waals surface area contributed by atoms with Crippen molar-refractivity contribution in [2.24, 2.45) is 5.92 Å². The van der Waals surface area contributed by atoms with Crippen LogP contribution in [0.4, 0.5) is 13.2 Å². The van der Waals surface area contributed by atoms with E-state index < -0.39 is 12.1 Å². The third-order valence-electron chi connectivity index (χ3n) is 5.89. The lowest BCUT2D eigenvalue weighted by Crippen LogP contribution is -2.43.